The minimum absolute atomic E-state index is 0.00645. The molecule has 0 radical (unpaired) electrons. The van der Waals surface area contributed by atoms with Crippen LogP contribution < -0.4 is 14.4 Å². The number of benzene rings is 3. The summed E-state index contributed by atoms with van der Waals surface area (Å²) in [6, 6.07) is 16.9. The molecule has 0 bridgehead atoms. The standard InChI is InChI=1S/C31H37Cl2N3O5S/c1-6-22(4)34-31(38)27(7-2)35(19-23-14-17-25(32)26(33)18-23)30(37)20-36(28-10-8-9-11-29(28)41-5)42(39,40)24-15-12-21(3)13-16-24/h8-18,22,27H,6-7,19-20H2,1-5H3,(H,34,38). The number of rotatable bonds is 13. The number of amides is 2. The van der Waals surface area contributed by atoms with E-state index < -0.39 is 28.5 Å². The molecule has 0 aliphatic heterocycles. The predicted molar refractivity (Wildman–Crippen MR) is 168 cm³/mol. The topological polar surface area (TPSA) is 96.0 Å². The number of methoxy groups -OCH3 is 1. The molecular weight excluding hydrogens is 597 g/mol. The van der Waals surface area contributed by atoms with Gasteiger partial charge in [0.25, 0.3) is 10.0 Å². The summed E-state index contributed by atoms with van der Waals surface area (Å²) in [7, 11) is -2.80. The molecule has 0 heterocycles. The first-order valence-electron chi connectivity index (χ1n) is 13.7. The molecule has 3 aromatic rings. The zero-order chi connectivity index (χ0) is 31.0. The van der Waals surface area contributed by atoms with Gasteiger partial charge in [-0.15, -0.1) is 0 Å². The number of anilines is 1. The third kappa shape index (κ3) is 7.96. The second kappa shape index (κ2) is 14.8. The Hall–Kier alpha value is -3.27. The molecule has 2 atom stereocenters. The van der Waals surface area contributed by atoms with Crippen LogP contribution in [0.15, 0.2) is 71.6 Å². The minimum atomic E-state index is -4.23. The number of aryl methyl sites for hydroxylation is 1. The molecule has 226 valence electrons. The van der Waals surface area contributed by atoms with E-state index in [-0.39, 0.29) is 34.8 Å². The zero-order valence-electron chi connectivity index (χ0n) is 24.4. The van der Waals surface area contributed by atoms with Crippen molar-refractivity contribution < 1.29 is 22.7 Å². The third-order valence-corrected chi connectivity index (χ3v) is 9.48. The van der Waals surface area contributed by atoms with Crippen molar-refractivity contribution >= 4 is 50.7 Å². The molecule has 1 N–H and O–H groups in total. The van der Waals surface area contributed by atoms with E-state index in [0.717, 1.165) is 9.87 Å². The lowest BCUT2D eigenvalue weighted by atomic mass is 10.1. The summed E-state index contributed by atoms with van der Waals surface area (Å²) in [4.78, 5) is 29.0. The molecule has 0 aliphatic rings. The molecule has 2 unspecified atom stereocenters. The zero-order valence-corrected chi connectivity index (χ0v) is 26.8. The van der Waals surface area contributed by atoms with Crippen LogP contribution in [0.5, 0.6) is 5.75 Å². The number of nitrogens with one attached hydrogen (secondary N) is 1. The Balaban J connectivity index is 2.11. The van der Waals surface area contributed by atoms with Crippen LogP contribution in [0.2, 0.25) is 10.0 Å². The average molecular weight is 635 g/mol. The molecule has 0 spiro atoms. The van der Waals surface area contributed by atoms with Crippen LogP contribution >= 0.6 is 23.2 Å². The lowest BCUT2D eigenvalue weighted by Gasteiger charge is -2.34. The Morgan fingerprint density at radius 2 is 1.62 bits per heavy atom. The Morgan fingerprint density at radius 1 is 0.952 bits per heavy atom. The Kier molecular flexibility index (Phi) is 11.7. The Morgan fingerprint density at radius 3 is 2.21 bits per heavy atom. The second-order valence-corrected chi connectivity index (χ2v) is 12.7. The van der Waals surface area contributed by atoms with Crippen molar-refractivity contribution in [2.45, 2.75) is 64.1 Å². The molecule has 0 saturated carbocycles. The van der Waals surface area contributed by atoms with Crippen LogP contribution in [0.1, 0.15) is 44.7 Å². The Bertz CT molecular complexity index is 1500. The summed E-state index contributed by atoms with van der Waals surface area (Å²) < 4.78 is 34.6. The molecule has 42 heavy (non-hydrogen) atoms. The van der Waals surface area contributed by atoms with E-state index in [0.29, 0.717) is 28.5 Å². The van der Waals surface area contributed by atoms with Crippen molar-refractivity contribution in [3.05, 3.63) is 87.9 Å². The summed E-state index contributed by atoms with van der Waals surface area (Å²) in [6.45, 7) is 6.92. The van der Waals surface area contributed by atoms with Crippen molar-refractivity contribution in [3.63, 3.8) is 0 Å². The maximum Gasteiger partial charge on any atom is 0.264 e. The number of sulfonamides is 1. The first-order valence-corrected chi connectivity index (χ1v) is 15.9. The monoisotopic (exact) mass is 633 g/mol. The van der Waals surface area contributed by atoms with Crippen molar-refractivity contribution in [2.24, 2.45) is 0 Å². The van der Waals surface area contributed by atoms with Crippen LogP contribution in [-0.4, -0.2) is 50.9 Å². The highest BCUT2D eigenvalue weighted by Gasteiger charge is 2.35. The van der Waals surface area contributed by atoms with E-state index in [1.807, 2.05) is 20.8 Å². The number of carbonyl (C=O) groups is 2. The molecule has 0 aliphatic carbocycles. The van der Waals surface area contributed by atoms with Gasteiger partial charge >= 0.3 is 0 Å². The quantitative estimate of drug-likeness (QED) is 0.241. The van der Waals surface area contributed by atoms with Gasteiger partial charge in [0.05, 0.1) is 27.7 Å². The number of halogens is 2. The van der Waals surface area contributed by atoms with Crippen LogP contribution in [0.4, 0.5) is 5.69 Å². The largest absolute Gasteiger partial charge is 0.495 e. The average Bonchev–Trinajstić information content (AvgIpc) is 2.97. The van der Waals surface area contributed by atoms with Crippen LogP contribution in [0.25, 0.3) is 0 Å². The molecule has 3 aromatic carbocycles. The SMILES string of the molecule is CCC(C)NC(=O)C(CC)N(Cc1ccc(Cl)c(Cl)c1)C(=O)CN(c1ccccc1OC)S(=O)(=O)c1ccc(C)cc1. The number of nitrogens with zero attached hydrogens (tertiary/aromatic N) is 2. The molecular formula is C31H37Cl2N3O5S. The lowest BCUT2D eigenvalue weighted by molar-refractivity contribution is -0.140. The summed E-state index contributed by atoms with van der Waals surface area (Å²) in [5.74, 6) is -0.627. The molecule has 0 aromatic heterocycles. The fraction of sp³-hybridized carbons (Fsp3) is 0.355. The van der Waals surface area contributed by atoms with Gasteiger partial charge in [-0.2, -0.15) is 0 Å². The maximum atomic E-state index is 14.2. The summed E-state index contributed by atoms with van der Waals surface area (Å²) in [5, 5.41) is 3.61. The van der Waals surface area contributed by atoms with Crippen LogP contribution in [0.3, 0.4) is 0 Å². The highest BCUT2D eigenvalue weighted by molar-refractivity contribution is 7.92. The van der Waals surface area contributed by atoms with Crippen molar-refractivity contribution in [2.75, 3.05) is 18.0 Å². The van der Waals surface area contributed by atoms with Crippen LogP contribution in [-0.2, 0) is 26.2 Å². The van der Waals surface area contributed by atoms with E-state index in [1.165, 1.54) is 24.1 Å². The maximum absolute atomic E-state index is 14.2. The molecule has 0 saturated heterocycles. The molecule has 0 fully saturated rings. The van der Waals surface area contributed by atoms with Gasteiger partial charge in [0.15, 0.2) is 0 Å². The lowest BCUT2D eigenvalue weighted by Crippen LogP contribution is -2.53. The molecule has 3 rings (SSSR count). The van der Waals surface area contributed by atoms with E-state index in [9.17, 15) is 18.0 Å². The Labute approximate surface area is 258 Å². The first-order chi connectivity index (χ1) is 19.9. The van der Waals surface area contributed by atoms with E-state index in [1.54, 1.807) is 61.5 Å². The first kappa shape index (κ1) is 33.2. The third-order valence-electron chi connectivity index (χ3n) is 6.97. The number of hydrogen-bond acceptors (Lipinski definition) is 5. The van der Waals surface area contributed by atoms with Gasteiger partial charge < -0.3 is 15.0 Å². The second-order valence-electron chi connectivity index (χ2n) is 10.0. The van der Waals surface area contributed by atoms with Gasteiger partial charge in [0, 0.05) is 12.6 Å². The van der Waals surface area contributed by atoms with E-state index in [2.05, 4.69) is 5.32 Å². The molecule has 8 nitrogen and oxygen atoms in total. The molecule has 11 heteroatoms. The van der Waals surface area contributed by atoms with Gasteiger partial charge in [-0.3, -0.25) is 13.9 Å². The molecule has 2 amide bonds. The van der Waals surface area contributed by atoms with E-state index in [4.69, 9.17) is 27.9 Å². The smallest absolute Gasteiger partial charge is 0.264 e. The van der Waals surface area contributed by atoms with E-state index >= 15 is 0 Å². The normalized spacial score (nSPS) is 12.7. The highest BCUT2D eigenvalue weighted by atomic mass is 35.5. The van der Waals surface area contributed by atoms with Crippen molar-refractivity contribution in [1.82, 2.24) is 10.2 Å². The summed E-state index contributed by atoms with van der Waals surface area (Å²) in [5.41, 5.74) is 1.72. The van der Waals surface area contributed by atoms with Crippen LogP contribution in [0, 0.1) is 6.92 Å². The van der Waals surface area contributed by atoms with Crippen molar-refractivity contribution in [1.29, 1.82) is 0 Å². The van der Waals surface area contributed by atoms with Gasteiger partial charge in [-0.05, 0) is 68.7 Å². The van der Waals surface area contributed by atoms with Gasteiger partial charge in [0.2, 0.25) is 11.8 Å². The van der Waals surface area contributed by atoms with Gasteiger partial charge in [-0.1, -0.05) is 72.9 Å². The number of para-hydroxylation sites is 2. The number of carbonyl (C=O) groups excluding carboxylic acids is 2. The number of ether oxygens (including phenoxy) is 1. The van der Waals surface area contributed by atoms with Gasteiger partial charge in [0.1, 0.15) is 18.3 Å². The predicted octanol–water partition coefficient (Wildman–Crippen LogP) is 6.23. The highest BCUT2D eigenvalue weighted by Crippen LogP contribution is 2.33. The summed E-state index contributed by atoms with van der Waals surface area (Å²) in [6.07, 6.45) is 1.01. The fourth-order valence-corrected chi connectivity index (χ4v) is 6.13. The van der Waals surface area contributed by atoms with Gasteiger partial charge in [-0.25, -0.2) is 8.42 Å². The summed E-state index contributed by atoms with van der Waals surface area (Å²) >= 11 is 12.4. The fourth-order valence-electron chi connectivity index (χ4n) is 4.38. The minimum Gasteiger partial charge on any atom is -0.495 e. The number of hydrogen-bond donors (Lipinski definition) is 1. The van der Waals surface area contributed by atoms with Crippen molar-refractivity contribution in [3.8, 4) is 5.75 Å².